The standard InChI is InChI=1S/C18H29NO/c1-5-14-8-6-7-9-17(14)20-18-10-13(4)16(19)11-15(18)12(2)3/h10-12,14,17H,5-9,19H2,1-4H3. The average Bonchev–Trinajstić information content (AvgIpc) is 2.43. The van der Waals surface area contributed by atoms with Gasteiger partial charge in [-0.25, -0.2) is 0 Å². The molecule has 0 bridgehead atoms. The maximum Gasteiger partial charge on any atom is 0.123 e. The molecule has 0 spiro atoms. The highest BCUT2D eigenvalue weighted by Gasteiger charge is 2.26. The first-order valence-electron chi connectivity index (χ1n) is 8.09. The van der Waals surface area contributed by atoms with Crippen molar-refractivity contribution in [2.75, 3.05) is 5.73 Å². The third kappa shape index (κ3) is 3.28. The summed E-state index contributed by atoms with van der Waals surface area (Å²) in [5.74, 6) is 2.20. The molecule has 0 amide bonds. The van der Waals surface area contributed by atoms with E-state index in [1.165, 1.54) is 37.7 Å². The number of nitrogen functional groups attached to an aromatic ring is 1. The zero-order valence-corrected chi connectivity index (χ0v) is 13.4. The van der Waals surface area contributed by atoms with Crippen molar-refractivity contribution in [2.45, 2.75) is 71.8 Å². The second-order valence-electron chi connectivity index (χ2n) is 6.51. The highest BCUT2D eigenvalue weighted by Crippen LogP contribution is 2.35. The summed E-state index contributed by atoms with van der Waals surface area (Å²) in [6.45, 7) is 8.75. The van der Waals surface area contributed by atoms with Crippen molar-refractivity contribution in [1.82, 2.24) is 0 Å². The van der Waals surface area contributed by atoms with Gasteiger partial charge >= 0.3 is 0 Å². The van der Waals surface area contributed by atoms with Crippen molar-refractivity contribution < 1.29 is 4.74 Å². The number of nitrogens with two attached hydrogens (primary N) is 1. The fourth-order valence-corrected chi connectivity index (χ4v) is 3.23. The van der Waals surface area contributed by atoms with E-state index in [-0.39, 0.29) is 0 Å². The van der Waals surface area contributed by atoms with E-state index in [1.807, 2.05) is 0 Å². The predicted molar refractivity (Wildman–Crippen MR) is 86.3 cm³/mol. The smallest absolute Gasteiger partial charge is 0.123 e. The van der Waals surface area contributed by atoms with Crippen molar-refractivity contribution in [3.8, 4) is 5.75 Å². The van der Waals surface area contributed by atoms with Crippen LogP contribution in [-0.2, 0) is 0 Å². The van der Waals surface area contributed by atoms with Crippen LogP contribution < -0.4 is 10.5 Å². The van der Waals surface area contributed by atoms with Crippen LogP contribution in [0.1, 0.15) is 69.9 Å². The van der Waals surface area contributed by atoms with Gasteiger partial charge in [0.2, 0.25) is 0 Å². The molecule has 1 aromatic rings. The summed E-state index contributed by atoms with van der Waals surface area (Å²) >= 11 is 0. The minimum Gasteiger partial charge on any atom is -0.490 e. The maximum atomic E-state index is 6.43. The summed E-state index contributed by atoms with van der Waals surface area (Å²) in [6.07, 6.45) is 6.76. The van der Waals surface area contributed by atoms with Gasteiger partial charge in [0.15, 0.2) is 0 Å². The fourth-order valence-electron chi connectivity index (χ4n) is 3.23. The van der Waals surface area contributed by atoms with E-state index in [2.05, 4.69) is 39.8 Å². The molecule has 112 valence electrons. The average molecular weight is 275 g/mol. The lowest BCUT2D eigenvalue weighted by Gasteiger charge is -2.32. The van der Waals surface area contributed by atoms with E-state index in [9.17, 15) is 0 Å². The molecule has 0 saturated heterocycles. The van der Waals surface area contributed by atoms with Gasteiger partial charge in [-0.1, -0.05) is 27.2 Å². The summed E-state index contributed by atoms with van der Waals surface area (Å²) < 4.78 is 6.43. The Kier molecular flexibility index (Phi) is 4.95. The summed E-state index contributed by atoms with van der Waals surface area (Å²) in [6, 6.07) is 4.23. The van der Waals surface area contributed by atoms with Crippen LogP contribution in [-0.4, -0.2) is 6.10 Å². The van der Waals surface area contributed by atoms with Crippen LogP contribution in [0.3, 0.4) is 0 Å². The minimum atomic E-state index is 0.384. The minimum absolute atomic E-state index is 0.384. The first-order valence-corrected chi connectivity index (χ1v) is 8.09. The molecule has 2 heteroatoms. The lowest BCUT2D eigenvalue weighted by atomic mass is 9.84. The molecular weight excluding hydrogens is 246 g/mol. The number of aryl methyl sites for hydroxylation is 1. The monoisotopic (exact) mass is 275 g/mol. The molecule has 2 unspecified atom stereocenters. The molecule has 0 heterocycles. The van der Waals surface area contributed by atoms with Crippen LogP contribution in [0.4, 0.5) is 5.69 Å². The SMILES string of the molecule is CCC1CCCCC1Oc1cc(C)c(N)cc1C(C)C. The highest BCUT2D eigenvalue weighted by atomic mass is 16.5. The van der Waals surface area contributed by atoms with Gasteiger partial charge in [-0.15, -0.1) is 0 Å². The van der Waals surface area contributed by atoms with Crippen molar-refractivity contribution >= 4 is 5.69 Å². The zero-order chi connectivity index (χ0) is 14.7. The zero-order valence-electron chi connectivity index (χ0n) is 13.4. The Balaban J connectivity index is 2.25. The van der Waals surface area contributed by atoms with Crippen molar-refractivity contribution in [1.29, 1.82) is 0 Å². The molecule has 2 rings (SSSR count). The molecule has 1 saturated carbocycles. The molecule has 20 heavy (non-hydrogen) atoms. The van der Waals surface area contributed by atoms with Gasteiger partial charge in [0.1, 0.15) is 11.9 Å². The van der Waals surface area contributed by atoms with Gasteiger partial charge in [0.25, 0.3) is 0 Å². The van der Waals surface area contributed by atoms with Gasteiger partial charge in [-0.05, 0) is 67.7 Å². The number of hydrogen-bond donors (Lipinski definition) is 1. The Labute approximate surface area is 123 Å². The largest absolute Gasteiger partial charge is 0.490 e. The Bertz CT molecular complexity index is 453. The molecule has 1 aromatic carbocycles. The van der Waals surface area contributed by atoms with E-state index in [4.69, 9.17) is 10.5 Å². The Morgan fingerprint density at radius 3 is 2.60 bits per heavy atom. The maximum absolute atomic E-state index is 6.43. The molecule has 2 atom stereocenters. The van der Waals surface area contributed by atoms with E-state index in [1.54, 1.807) is 0 Å². The third-order valence-corrected chi connectivity index (χ3v) is 4.66. The highest BCUT2D eigenvalue weighted by molar-refractivity contribution is 5.55. The van der Waals surface area contributed by atoms with Gasteiger partial charge < -0.3 is 10.5 Å². The number of anilines is 1. The molecule has 0 aliphatic heterocycles. The van der Waals surface area contributed by atoms with Crippen LogP contribution in [0.2, 0.25) is 0 Å². The number of ether oxygens (including phenoxy) is 1. The lowest BCUT2D eigenvalue weighted by molar-refractivity contribution is 0.0891. The molecular formula is C18H29NO. The van der Waals surface area contributed by atoms with Crippen LogP contribution in [0.25, 0.3) is 0 Å². The van der Waals surface area contributed by atoms with Gasteiger partial charge in [0.05, 0.1) is 0 Å². The first kappa shape index (κ1) is 15.2. The van der Waals surface area contributed by atoms with Crippen LogP contribution in [0.5, 0.6) is 5.75 Å². The fraction of sp³-hybridized carbons (Fsp3) is 0.667. The Morgan fingerprint density at radius 2 is 1.95 bits per heavy atom. The van der Waals surface area contributed by atoms with E-state index in [0.717, 1.165) is 17.0 Å². The normalized spacial score (nSPS) is 23.1. The van der Waals surface area contributed by atoms with E-state index in [0.29, 0.717) is 17.9 Å². The molecule has 1 aliphatic rings. The van der Waals surface area contributed by atoms with Crippen molar-refractivity contribution in [2.24, 2.45) is 5.92 Å². The lowest BCUT2D eigenvalue weighted by Crippen LogP contribution is -2.30. The van der Waals surface area contributed by atoms with E-state index < -0.39 is 0 Å². The molecule has 2 N–H and O–H groups in total. The summed E-state index contributed by atoms with van der Waals surface area (Å²) in [4.78, 5) is 0. The second-order valence-corrected chi connectivity index (χ2v) is 6.51. The first-order chi connectivity index (χ1) is 9.52. The number of rotatable bonds is 4. The summed E-state index contributed by atoms with van der Waals surface area (Å²) in [5, 5.41) is 0. The quantitative estimate of drug-likeness (QED) is 0.780. The van der Waals surface area contributed by atoms with Crippen molar-refractivity contribution in [3.63, 3.8) is 0 Å². The molecule has 0 aromatic heterocycles. The topological polar surface area (TPSA) is 35.2 Å². The molecule has 1 aliphatic carbocycles. The summed E-state index contributed by atoms with van der Waals surface area (Å²) in [5.41, 5.74) is 9.29. The van der Waals surface area contributed by atoms with Gasteiger partial charge in [0, 0.05) is 5.69 Å². The van der Waals surface area contributed by atoms with Gasteiger partial charge in [-0.3, -0.25) is 0 Å². The summed E-state index contributed by atoms with van der Waals surface area (Å²) in [7, 11) is 0. The van der Waals surface area contributed by atoms with Crippen LogP contribution >= 0.6 is 0 Å². The molecule has 2 nitrogen and oxygen atoms in total. The third-order valence-electron chi connectivity index (χ3n) is 4.66. The van der Waals surface area contributed by atoms with E-state index >= 15 is 0 Å². The van der Waals surface area contributed by atoms with Gasteiger partial charge in [-0.2, -0.15) is 0 Å². The van der Waals surface area contributed by atoms with Crippen molar-refractivity contribution in [3.05, 3.63) is 23.3 Å². The van der Waals surface area contributed by atoms with Crippen LogP contribution in [0, 0.1) is 12.8 Å². The van der Waals surface area contributed by atoms with Crippen LogP contribution in [0.15, 0.2) is 12.1 Å². The Hall–Kier alpha value is -1.18. The molecule has 1 fully saturated rings. The molecule has 0 radical (unpaired) electrons. The number of hydrogen-bond acceptors (Lipinski definition) is 2. The Morgan fingerprint density at radius 1 is 1.25 bits per heavy atom. The number of benzene rings is 1. The predicted octanol–water partition coefficient (Wildman–Crippen LogP) is 5.05. The second kappa shape index (κ2) is 6.51.